The van der Waals surface area contributed by atoms with E-state index in [4.69, 9.17) is 5.11 Å². The molecule has 5 heteroatoms. The maximum Gasteiger partial charge on any atom is 0.387 e. The Labute approximate surface area is 106 Å². The van der Waals surface area contributed by atoms with E-state index in [0.717, 1.165) is 6.42 Å². The van der Waals surface area contributed by atoms with Gasteiger partial charge in [-0.25, -0.2) is 0 Å². The van der Waals surface area contributed by atoms with Gasteiger partial charge < -0.3 is 15.2 Å². The molecule has 2 atom stereocenters. The Bertz CT molecular complexity index is 357. The van der Waals surface area contributed by atoms with Crippen molar-refractivity contribution in [2.75, 3.05) is 6.61 Å². The summed E-state index contributed by atoms with van der Waals surface area (Å²) in [5.41, 5.74) is 0.657. The van der Waals surface area contributed by atoms with Crippen LogP contribution in [-0.2, 0) is 0 Å². The van der Waals surface area contributed by atoms with Crippen molar-refractivity contribution in [3.63, 3.8) is 0 Å². The molecule has 0 amide bonds. The summed E-state index contributed by atoms with van der Waals surface area (Å²) in [5.74, 6) is 0.167. The lowest BCUT2D eigenvalue weighted by atomic mass is 10.1. The van der Waals surface area contributed by atoms with Crippen molar-refractivity contribution in [1.82, 2.24) is 5.32 Å². The highest BCUT2D eigenvalue weighted by molar-refractivity contribution is 5.35. The van der Waals surface area contributed by atoms with Gasteiger partial charge in [-0.1, -0.05) is 25.1 Å². The van der Waals surface area contributed by atoms with Crippen LogP contribution in [0.25, 0.3) is 0 Å². The number of halogens is 2. The van der Waals surface area contributed by atoms with Crippen LogP contribution in [0.1, 0.15) is 31.9 Å². The summed E-state index contributed by atoms with van der Waals surface area (Å²) in [5, 5.41) is 12.3. The SMILES string of the molecule is CCC(CO)NC(C)c1ccccc1OC(F)F. The molecule has 2 unspecified atom stereocenters. The van der Waals surface area contributed by atoms with Crippen molar-refractivity contribution in [2.45, 2.75) is 39.0 Å². The lowest BCUT2D eigenvalue weighted by Gasteiger charge is -2.22. The molecule has 1 aromatic carbocycles. The third kappa shape index (κ3) is 4.23. The highest BCUT2D eigenvalue weighted by Crippen LogP contribution is 2.26. The Balaban J connectivity index is 2.80. The third-order valence-corrected chi connectivity index (χ3v) is 2.80. The molecular formula is C13H19F2NO2. The molecule has 0 aromatic heterocycles. The fourth-order valence-corrected chi connectivity index (χ4v) is 1.78. The first-order chi connectivity index (χ1) is 8.58. The number of hydrogen-bond acceptors (Lipinski definition) is 3. The van der Waals surface area contributed by atoms with E-state index in [1.807, 2.05) is 13.8 Å². The molecule has 0 aliphatic heterocycles. The van der Waals surface area contributed by atoms with Crippen molar-refractivity contribution < 1.29 is 18.6 Å². The Morgan fingerprint density at radius 3 is 2.56 bits per heavy atom. The molecule has 0 bridgehead atoms. The van der Waals surface area contributed by atoms with Gasteiger partial charge >= 0.3 is 6.61 Å². The molecule has 18 heavy (non-hydrogen) atoms. The number of aliphatic hydroxyl groups excluding tert-OH is 1. The van der Waals surface area contributed by atoms with Crippen LogP contribution in [0.15, 0.2) is 24.3 Å². The van der Waals surface area contributed by atoms with Crippen molar-refractivity contribution >= 4 is 0 Å². The monoisotopic (exact) mass is 259 g/mol. The van der Waals surface area contributed by atoms with E-state index in [0.29, 0.717) is 5.56 Å². The summed E-state index contributed by atoms with van der Waals surface area (Å²) in [6, 6.07) is 6.44. The summed E-state index contributed by atoms with van der Waals surface area (Å²) < 4.78 is 29.0. The molecule has 0 saturated heterocycles. The van der Waals surface area contributed by atoms with Crippen LogP contribution in [0.4, 0.5) is 8.78 Å². The summed E-state index contributed by atoms with van der Waals surface area (Å²) in [4.78, 5) is 0. The highest BCUT2D eigenvalue weighted by Gasteiger charge is 2.16. The summed E-state index contributed by atoms with van der Waals surface area (Å²) in [7, 11) is 0. The van der Waals surface area contributed by atoms with E-state index in [9.17, 15) is 8.78 Å². The van der Waals surface area contributed by atoms with Gasteiger partial charge in [-0.3, -0.25) is 0 Å². The predicted octanol–water partition coefficient (Wildman–Crippen LogP) is 2.71. The topological polar surface area (TPSA) is 41.5 Å². The van der Waals surface area contributed by atoms with Crippen LogP contribution < -0.4 is 10.1 Å². The maximum atomic E-state index is 12.3. The molecule has 3 nitrogen and oxygen atoms in total. The number of rotatable bonds is 7. The van der Waals surface area contributed by atoms with E-state index >= 15 is 0 Å². The number of hydrogen-bond donors (Lipinski definition) is 2. The molecule has 0 saturated carbocycles. The molecule has 0 fully saturated rings. The zero-order valence-corrected chi connectivity index (χ0v) is 10.6. The van der Waals surface area contributed by atoms with E-state index < -0.39 is 6.61 Å². The third-order valence-electron chi connectivity index (χ3n) is 2.80. The zero-order chi connectivity index (χ0) is 13.5. The van der Waals surface area contributed by atoms with Gasteiger partial charge in [-0.15, -0.1) is 0 Å². The summed E-state index contributed by atoms with van der Waals surface area (Å²) in [6.45, 7) is 0.977. The minimum absolute atomic E-state index is 0.0126. The van der Waals surface area contributed by atoms with Crippen LogP contribution in [0.2, 0.25) is 0 Å². The van der Waals surface area contributed by atoms with Crippen LogP contribution in [0.3, 0.4) is 0 Å². The second-order valence-electron chi connectivity index (χ2n) is 4.09. The Morgan fingerprint density at radius 2 is 2.00 bits per heavy atom. The first-order valence-corrected chi connectivity index (χ1v) is 5.99. The van der Waals surface area contributed by atoms with Gasteiger partial charge in [0.15, 0.2) is 0 Å². The van der Waals surface area contributed by atoms with Crippen LogP contribution in [0.5, 0.6) is 5.75 Å². The highest BCUT2D eigenvalue weighted by atomic mass is 19.3. The summed E-state index contributed by atoms with van der Waals surface area (Å²) in [6.07, 6.45) is 0.763. The number of ether oxygens (including phenoxy) is 1. The first-order valence-electron chi connectivity index (χ1n) is 5.99. The minimum atomic E-state index is -2.84. The predicted molar refractivity (Wildman–Crippen MR) is 65.8 cm³/mol. The molecule has 1 aromatic rings. The maximum absolute atomic E-state index is 12.3. The standard InChI is InChI=1S/C13H19F2NO2/c1-3-10(8-17)16-9(2)11-6-4-5-7-12(11)18-13(14)15/h4-7,9-10,13,16-17H,3,8H2,1-2H3. The average molecular weight is 259 g/mol. The normalized spacial score (nSPS) is 14.6. The van der Waals surface area contributed by atoms with Crippen LogP contribution in [-0.4, -0.2) is 24.4 Å². The smallest absolute Gasteiger partial charge is 0.387 e. The lowest BCUT2D eigenvalue weighted by Crippen LogP contribution is -2.34. The van der Waals surface area contributed by atoms with E-state index in [2.05, 4.69) is 10.1 Å². The van der Waals surface area contributed by atoms with Gasteiger partial charge in [0, 0.05) is 17.6 Å². The fourth-order valence-electron chi connectivity index (χ4n) is 1.78. The number of para-hydroxylation sites is 1. The largest absolute Gasteiger partial charge is 0.434 e. The van der Waals surface area contributed by atoms with Gasteiger partial charge in [-0.05, 0) is 19.4 Å². The minimum Gasteiger partial charge on any atom is -0.434 e. The van der Waals surface area contributed by atoms with E-state index in [1.54, 1.807) is 18.2 Å². The molecule has 1 rings (SSSR count). The van der Waals surface area contributed by atoms with Gasteiger partial charge in [0.05, 0.1) is 6.61 Å². The Kier molecular flexibility index (Phi) is 6.01. The quantitative estimate of drug-likeness (QED) is 0.791. The van der Waals surface area contributed by atoms with Crippen molar-refractivity contribution in [1.29, 1.82) is 0 Å². The average Bonchev–Trinajstić information content (AvgIpc) is 2.35. The van der Waals surface area contributed by atoms with Gasteiger partial charge in [0.1, 0.15) is 5.75 Å². The molecular weight excluding hydrogens is 240 g/mol. The molecule has 0 radical (unpaired) electrons. The van der Waals surface area contributed by atoms with Gasteiger partial charge in [0.25, 0.3) is 0 Å². The van der Waals surface area contributed by atoms with Crippen molar-refractivity contribution in [3.05, 3.63) is 29.8 Å². The Morgan fingerprint density at radius 1 is 1.33 bits per heavy atom. The van der Waals surface area contributed by atoms with Gasteiger partial charge in [0.2, 0.25) is 0 Å². The summed E-state index contributed by atoms with van der Waals surface area (Å²) >= 11 is 0. The molecule has 0 spiro atoms. The second-order valence-corrected chi connectivity index (χ2v) is 4.09. The van der Waals surface area contributed by atoms with E-state index in [1.165, 1.54) is 6.07 Å². The molecule has 2 N–H and O–H groups in total. The number of benzene rings is 1. The first kappa shape index (κ1) is 14.9. The van der Waals surface area contributed by atoms with Gasteiger partial charge in [-0.2, -0.15) is 8.78 Å². The van der Waals surface area contributed by atoms with Crippen molar-refractivity contribution in [2.24, 2.45) is 0 Å². The Hall–Kier alpha value is -1.20. The number of alkyl halides is 2. The zero-order valence-electron chi connectivity index (χ0n) is 10.6. The molecule has 0 aliphatic carbocycles. The van der Waals surface area contributed by atoms with Crippen LogP contribution in [0, 0.1) is 0 Å². The fraction of sp³-hybridized carbons (Fsp3) is 0.538. The second kappa shape index (κ2) is 7.28. The molecule has 0 aliphatic rings. The molecule has 0 heterocycles. The van der Waals surface area contributed by atoms with Crippen LogP contribution >= 0.6 is 0 Å². The van der Waals surface area contributed by atoms with Crippen molar-refractivity contribution in [3.8, 4) is 5.75 Å². The number of aliphatic hydroxyl groups is 1. The number of nitrogens with one attached hydrogen (secondary N) is 1. The van der Waals surface area contributed by atoms with E-state index in [-0.39, 0.29) is 24.4 Å². The molecule has 102 valence electrons. The lowest BCUT2D eigenvalue weighted by molar-refractivity contribution is -0.0507.